The molecule has 0 aromatic heterocycles. The molecule has 0 atom stereocenters. The van der Waals surface area contributed by atoms with Crippen LogP contribution in [-0.4, -0.2) is 44.6 Å². The van der Waals surface area contributed by atoms with Crippen LogP contribution in [0.4, 0.5) is 0 Å². The van der Waals surface area contributed by atoms with Gasteiger partial charge in [-0.2, -0.15) is 0 Å². The molecule has 5 nitrogen and oxygen atoms in total. The summed E-state index contributed by atoms with van der Waals surface area (Å²) in [6.45, 7) is 0.179. The first-order valence-electron chi connectivity index (χ1n) is 6.87. The standard InChI is InChI=1S/C14H21ClN2O3S/c1-17(2)14(6-3-7-14)10-16-21(19,20)12-5-4-11(9-18)13(15)8-12/h4-5,8,16,18H,3,6-7,9-10H2,1-2H3. The molecule has 0 bridgehead atoms. The van der Waals surface area contributed by atoms with Gasteiger partial charge in [-0.3, -0.25) is 0 Å². The highest BCUT2D eigenvalue weighted by atomic mass is 35.5. The van der Waals surface area contributed by atoms with Crippen LogP contribution in [0, 0.1) is 0 Å². The van der Waals surface area contributed by atoms with E-state index in [-0.39, 0.29) is 22.1 Å². The number of hydrogen-bond acceptors (Lipinski definition) is 4. The van der Waals surface area contributed by atoms with E-state index < -0.39 is 10.0 Å². The van der Waals surface area contributed by atoms with E-state index in [0.29, 0.717) is 12.1 Å². The summed E-state index contributed by atoms with van der Waals surface area (Å²) < 4.78 is 27.4. The predicted molar refractivity (Wildman–Crippen MR) is 82.8 cm³/mol. The molecule has 0 amide bonds. The minimum Gasteiger partial charge on any atom is -0.392 e. The van der Waals surface area contributed by atoms with Crippen molar-refractivity contribution in [3.8, 4) is 0 Å². The van der Waals surface area contributed by atoms with Gasteiger partial charge in [0, 0.05) is 17.1 Å². The number of nitrogens with zero attached hydrogens (tertiary/aromatic N) is 1. The van der Waals surface area contributed by atoms with Gasteiger partial charge in [-0.25, -0.2) is 13.1 Å². The zero-order chi connectivity index (χ0) is 15.7. The molecule has 0 radical (unpaired) electrons. The maximum Gasteiger partial charge on any atom is 0.240 e. The van der Waals surface area contributed by atoms with Crippen molar-refractivity contribution >= 4 is 21.6 Å². The number of aliphatic hydroxyl groups excluding tert-OH is 1. The van der Waals surface area contributed by atoms with Crippen LogP contribution in [0.2, 0.25) is 5.02 Å². The molecule has 1 aliphatic rings. The number of sulfonamides is 1. The van der Waals surface area contributed by atoms with Crippen molar-refractivity contribution in [3.05, 3.63) is 28.8 Å². The molecule has 21 heavy (non-hydrogen) atoms. The molecule has 1 aliphatic carbocycles. The minimum atomic E-state index is -3.59. The maximum absolute atomic E-state index is 12.3. The Kier molecular flexibility index (Phi) is 4.95. The fraction of sp³-hybridized carbons (Fsp3) is 0.571. The van der Waals surface area contributed by atoms with Gasteiger partial charge in [0.05, 0.1) is 11.5 Å². The van der Waals surface area contributed by atoms with E-state index in [4.69, 9.17) is 16.7 Å². The average molecular weight is 333 g/mol. The Labute approximate surface area is 131 Å². The number of halogens is 1. The number of nitrogens with one attached hydrogen (secondary N) is 1. The first kappa shape index (κ1) is 16.7. The van der Waals surface area contributed by atoms with E-state index in [2.05, 4.69) is 9.62 Å². The van der Waals surface area contributed by atoms with Gasteiger partial charge >= 0.3 is 0 Å². The van der Waals surface area contributed by atoms with Crippen molar-refractivity contribution < 1.29 is 13.5 Å². The number of hydrogen-bond donors (Lipinski definition) is 2. The van der Waals surface area contributed by atoms with Crippen LogP contribution in [0.5, 0.6) is 0 Å². The number of rotatable bonds is 6. The minimum absolute atomic E-state index is 0.0814. The Morgan fingerprint density at radius 3 is 2.48 bits per heavy atom. The molecule has 0 aliphatic heterocycles. The largest absolute Gasteiger partial charge is 0.392 e. The van der Waals surface area contributed by atoms with Crippen LogP contribution in [-0.2, 0) is 16.6 Å². The number of benzene rings is 1. The topological polar surface area (TPSA) is 69.6 Å². The Morgan fingerprint density at radius 1 is 1.38 bits per heavy atom. The normalized spacial score (nSPS) is 17.8. The molecule has 7 heteroatoms. The summed E-state index contributed by atoms with van der Waals surface area (Å²) >= 11 is 5.95. The van der Waals surface area contributed by atoms with Crippen molar-refractivity contribution in [1.29, 1.82) is 0 Å². The lowest BCUT2D eigenvalue weighted by atomic mass is 9.76. The fourth-order valence-electron chi connectivity index (χ4n) is 2.50. The van der Waals surface area contributed by atoms with Crippen molar-refractivity contribution in [1.82, 2.24) is 9.62 Å². The molecule has 2 rings (SSSR count). The summed E-state index contributed by atoms with van der Waals surface area (Å²) in [5, 5.41) is 9.32. The van der Waals surface area contributed by atoms with E-state index in [1.165, 1.54) is 18.2 Å². The summed E-state index contributed by atoms with van der Waals surface area (Å²) in [5.41, 5.74) is 0.432. The van der Waals surface area contributed by atoms with Crippen LogP contribution < -0.4 is 4.72 Å². The van der Waals surface area contributed by atoms with Crippen molar-refractivity contribution in [2.24, 2.45) is 0 Å². The van der Waals surface area contributed by atoms with Gasteiger partial charge in [0.2, 0.25) is 10.0 Å². The number of aliphatic hydroxyl groups is 1. The van der Waals surface area contributed by atoms with Crippen molar-refractivity contribution in [2.75, 3.05) is 20.6 Å². The molecule has 1 aromatic rings. The highest BCUT2D eigenvalue weighted by Gasteiger charge is 2.39. The van der Waals surface area contributed by atoms with Gasteiger partial charge in [-0.15, -0.1) is 0 Å². The Morgan fingerprint density at radius 2 is 2.05 bits per heavy atom. The molecular weight excluding hydrogens is 312 g/mol. The summed E-state index contributed by atoms with van der Waals surface area (Å²) in [6, 6.07) is 4.36. The summed E-state index contributed by atoms with van der Waals surface area (Å²) in [6.07, 6.45) is 3.11. The zero-order valence-corrected chi connectivity index (χ0v) is 13.8. The quantitative estimate of drug-likeness (QED) is 0.830. The lowest BCUT2D eigenvalue weighted by Crippen LogP contribution is -2.57. The third-order valence-corrected chi connectivity index (χ3v) is 6.08. The van der Waals surface area contributed by atoms with E-state index in [1.54, 1.807) is 0 Å². The first-order valence-corrected chi connectivity index (χ1v) is 8.73. The van der Waals surface area contributed by atoms with Crippen LogP contribution >= 0.6 is 11.6 Å². The Bertz CT molecular complexity index is 613. The van der Waals surface area contributed by atoms with Crippen LogP contribution in [0.1, 0.15) is 24.8 Å². The van der Waals surface area contributed by atoms with E-state index in [0.717, 1.165) is 19.3 Å². The third kappa shape index (κ3) is 3.40. The Hall–Kier alpha value is -0.660. The Balaban J connectivity index is 2.13. The SMILES string of the molecule is CN(C)C1(CNS(=O)(=O)c2ccc(CO)c(Cl)c2)CCC1. The monoisotopic (exact) mass is 332 g/mol. The molecule has 0 saturated heterocycles. The second kappa shape index (κ2) is 6.22. The van der Waals surface area contributed by atoms with Gasteiger partial charge in [0.1, 0.15) is 0 Å². The van der Waals surface area contributed by atoms with Gasteiger partial charge in [0.15, 0.2) is 0 Å². The molecule has 1 fully saturated rings. The smallest absolute Gasteiger partial charge is 0.240 e. The maximum atomic E-state index is 12.3. The molecule has 0 unspecified atom stereocenters. The second-order valence-electron chi connectivity index (χ2n) is 5.71. The van der Waals surface area contributed by atoms with E-state index in [9.17, 15) is 8.42 Å². The highest BCUT2D eigenvalue weighted by molar-refractivity contribution is 7.89. The molecule has 0 spiro atoms. The predicted octanol–water partition coefficient (Wildman–Crippen LogP) is 1.59. The summed E-state index contributed by atoms with van der Waals surface area (Å²) in [5.74, 6) is 0. The molecule has 1 aromatic carbocycles. The van der Waals surface area contributed by atoms with Crippen molar-refractivity contribution in [2.45, 2.75) is 36.3 Å². The third-order valence-electron chi connectivity index (χ3n) is 4.33. The van der Waals surface area contributed by atoms with Crippen LogP contribution in [0.3, 0.4) is 0 Å². The van der Waals surface area contributed by atoms with Crippen LogP contribution in [0.15, 0.2) is 23.1 Å². The summed E-state index contributed by atoms with van der Waals surface area (Å²) in [7, 11) is 0.352. The summed E-state index contributed by atoms with van der Waals surface area (Å²) in [4.78, 5) is 2.21. The number of likely N-dealkylation sites (N-methyl/N-ethyl adjacent to an activating group) is 1. The molecule has 1 saturated carbocycles. The lowest BCUT2D eigenvalue weighted by Gasteiger charge is -2.47. The molecule has 0 heterocycles. The first-order chi connectivity index (χ1) is 9.81. The second-order valence-corrected chi connectivity index (χ2v) is 7.88. The van der Waals surface area contributed by atoms with E-state index in [1.807, 2.05) is 14.1 Å². The fourth-order valence-corrected chi connectivity index (χ4v) is 3.95. The van der Waals surface area contributed by atoms with E-state index >= 15 is 0 Å². The van der Waals surface area contributed by atoms with Crippen LogP contribution in [0.25, 0.3) is 0 Å². The molecule has 2 N–H and O–H groups in total. The molecule has 118 valence electrons. The van der Waals surface area contributed by atoms with Crippen molar-refractivity contribution in [3.63, 3.8) is 0 Å². The van der Waals surface area contributed by atoms with Gasteiger partial charge < -0.3 is 10.0 Å². The lowest BCUT2D eigenvalue weighted by molar-refractivity contribution is 0.0657. The zero-order valence-electron chi connectivity index (χ0n) is 12.3. The van der Waals surface area contributed by atoms with Gasteiger partial charge in [-0.1, -0.05) is 17.7 Å². The highest BCUT2D eigenvalue weighted by Crippen LogP contribution is 2.35. The molecular formula is C14H21ClN2O3S. The van der Waals surface area contributed by atoms with Gasteiger partial charge in [-0.05, 0) is 51.1 Å². The van der Waals surface area contributed by atoms with Gasteiger partial charge in [0.25, 0.3) is 0 Å². The average Bonchev–Trinajstić information content (AvgIpc) is 2.36.